The van der Waals surface area contributed by atoms with Gasteiger partial charge in [0, 0.05) is 5.38 Å². The highest BCUT2D eigenvalue weighted by molar-refractivity contribution is 6.20. The normalized spacial score (nSPS) is 13.2. The molecule has 84 valence electrons. The Kier molecular flexibility index (Phi) is 4.59. The van der Waals surface area contributed by atoms with E-state index < -0.39 is 0 Å². The molecule has 15 heavy (non-hydrogen) atoms. The van der Waals surface area contributed by atoms with E-state index in [1.807, 2.05) is 12.1 Å². The summed E-state index contributed by atoms with van der Waals surface area (Å²) in [7, 11) is 0. The number of halogens is 2. The van der Waals surface area contributed by atoms with E-state index in [2.05, 4.69) is 13.8 Å². The highest BCUT2D eigenvalue weighted by atomic mass is 35.5. The van der Waals surface area contributed by atoms with Gasteiger partial charge < -0.3 is 0 Å². The molecule has 1 unspecified atom stereocenters. The van der Waals surface area contributed by atoms with Crippen LogP contribution < -0.4 is 0 Å². The first-order valence-corrected chi connectivity index (χ1v) is 5.83. The first-order chi connectivity index (χ1) is 7.00. The highest BCUT2D eigenvalue weighted by Gasteiger charge is 2.09. The minimum absolute atomic E-state index is 0.134. The molecule has 0 radical (unpaired) electrons. The summed E-state index contributed by atoms with van der Waals surface area (Å²) in [5.74, 6) is 0.359. The van der Waals surface area contributed by atoms with Crippen molar-refractivity contribution in [3.63, 3.8) is 0 Å². The molecule has 0 bridgehead atoms. The lowest BCUT2D eigenvalue weighted by Crippen LogP contribution is -2.08. The highest BCUT2D eigenvalue weighted by Crippen LogP contribution is 2.18. The second kappa shape index (κ2) is 5.50. The third-order valence-electron chi connectivity index (χ3n) is 2.65. The van der Waals surface area contributed by atoms with Crippen LogP contribution in [0.4, 0.5) is 4.39 Å². The Hall–Kier alpha value is -0.560. The molecule has 1 rings (SSSR count). The number of hydrogen-bond donors (Lipinski definition) is 0. The lowest BCUT2D eigenvalue weighted by Gasteiger charge is -2.13. The molecule has 0 aliphatic carbocycles. The minimum atomic E-state index is -0.134. The zero-order chi connectivity index (χ0) is 11.4. The lowest BCUT2D eigenvalue weighted by atomic mass is 10.0. The molecule has 0 amide bonds. The Balaban J connectivity index is 2.55. The Labute approximate surface area is 96.5 Å². The average molecular weight is 229 g/mol. The van der Waals surface area contributed by atoms with Crippen molar-refractivity contribution in [3.05, 3.63) is 35.1 Å². The number of benzene rings is 1. The standard InChI is InChI=1S/C13H18ClF/c1-9(2)12(14)6-4-11-5-7-13(15)10(3)8-11/h5,7-9,12H,4,6H2,1-3H3. The second-order valence-corrected chi connectivity index (χ2v) is 4.94. The number of hydrogen-bond acceptors (Lipinski definition) is 0. The van der Waals surface area contributed by atoms with Crippen LogP contribution in [0, 0.1) is 18.7 Å². The smallest absolute Gasteiger partial charge is 0.126 e. The number of alkyl halides is 1. The summed E-state index contributed by atoms with van der Waals surface area (Å²) < 4.78 is 13.0. The fourth-order valence-electron chi connectivity index (χ4n) is 1.50. The maximum Gasteiger partial charge on any atom is 0.126 e. The van der Waals surface area contributed by atoms with Crippen LogP contribution in [0.3, 0.4) is 0 Å². The van der Waals surface area contributed by atoms with Gasteiger partial charge in [0.1, 0.15) is 5.82 Å². The van der Waals surface area contributed by atoms with Crippen molar-refractivity contribution < 1.29 is 4.39 Å². The molecule has 0 saturated heterocycles. The predicted octanol–water partition coefficient (Wildman–Crippen LogP) is 4.33. The summed E-state index contributed by atoms with van der Waals surface area (Å²) in [5.41, 5.74) is 1.88. The van der Waals surface area contributed by atoms with Crippen molar-refractivity contribution in [2.45, 2.75) is 39.0 Å². The molecule has 0 saturated carbocycles. The van der Waals surface area contributed by atoms with Crippen LogP contribution in [0.2, 0.25) is 0 Å². The van der Waals surface area contributed by atoms with E-state index in [0.717, 1.165) is 12.8 Å². The molecular weight excluding hydrogens is 211 g/mol. The van der Waals surface area contributed by atoms with Crippen LogP contribution in [0.1, 0.15) is 31.4 Å². The van der Waals surface area contributed by atoms with E-state index in [9.17, 15) is 4.39 Å². The van der Waals surface area contributed by atoms with E-state index in [-0.39, 0.29) is 11.2 Å². The van der Waals surface area contributed by atoms with E-state index in [0.29, 0.717) is 11.5 Å². The van der Waals surface area contributed by atoms with Gasteiger partial charge >= 0.3 is 0 Å². The van der Waals surface area contributed by atoms with E-state index >= 15 is 0 Å². The van der Waals surface area contributed by atoms with E-state index in [1.54, 1.807) is 6.92 Å². The van der Waals surface area contributed by atoms with Crippen molar-refractivity contribution in [2.24, 2.45) is 5.92 Å². The molecule has 0 aromatic heterocycles. The van der Waals surface area contributed by atoms with Crippen molar-refractivity contribution in [1.29, 1.82) is 0 Å². The summed E-state index contributed by atoms with van der Waals surface area (Å²) in [6.07, 6.45) is 1.87. The summed E-state index contributed by atoms with van der Waals surface area (Å²) in [6.45, 7) is 6.03. The average Bonchev–Trinajstić information content (AvgIpc) is 2.19. The molecule has 0 N–H and O–H groups in total. The van der Waals surface area contributed by atoms with Crippen LogP contribution in [-0.4, -0.2) is 5.38 Å². The monoisotopic (exact) mass is 228 g/mol. The topological polar surface area (TPSA) is 0 Å². The molecule has 0 fully saturated rings. The summed E-state index contributed by atoms with van der Waals surface area (Å²) in [5, 5.41) is 0.204. The van der Waals surface area contributed by atoms with Crippen molar-refractivity contribution in [2.75, 3.05) is 0 Å². The quantitative estimate of drug-likeness (QED) is 0.673. The van der Waals surface area contributed by atoms with Gasteiger partial charge in [-0.25, -0.2) is 4.39 Å². The molecular formula is C13H18ClF. The summed E-state index contributed by atoms with van der Waals surface area (Å²) in [4.78, 5) is 0. The molecule has 1 aromatic carbocycles. The Bertz CT molecular complexity index is 320. The van der Waals surface area contributed by atoms with Crippen molar-refractivity contribution in [1.82, 2.24) is 0 Å². The van der Waals surface area contributed by atoms with Crippen molar-refractivity contribution in [3.8, 4) is 0 Å². The fourth-order valence-corrected chi connectivity index (χ4v) is 1.61. The molecule has 0 spiro atoms. The second-order valence-electron chi connectivity index (χ2n) is 4.38. The molecule has 0 heterocycles. The third kappa shape index (κ3) is 3.83. The van der Waals surface area contributed by atoms with Gasteiger partial charge in [0.05, 0.1) is 0 Å². The first-order valence-electron chi connectivity index (χ1n) is 5.40. The van der Waals surface area contributed by atoms with Crippen LogP contribution in [0.25, 0.3) is 0 Å². The van der Waals surface area contributed by atoms with Gasteiger partial charge in [0.2, 0.25) is 0 Å². The van der Waals surface area contributed by atoms with Gasteiger partial charge in [-0.3, -0.25) is 0 Å². The van der Waals surface area contributed by atoms with Gasteiger partial charge in [0.15, 0.2) is 0 Å². The summed E-state index contributed by atoms with van der Waals surface area (Å²) in [6, 6.07) is 5.27. The maximum atomic E-state index is 13.0. The molecule has 0 aliphatic rings. The number of rotatable bonds is 4. The third-order valence-corrected chi connectivity index (χ3v) is 3.38. The van der Waals surface area contributed by atoms with Crippen LogP contribution in [0.15, 0.2) is 18.2 Å². The van der Waals surface area contributed by atoms with Crippen LogP contribution in [-0.2, 0) is 6.42 Å². The Morgan fingerprint density at radius 1 is 1.33 bits per heavy atom. The summed E-state index contributed by atoms with van der Waals surface area (Å²) >= 11 is 6.16. The first kappa shape index (κ1) is 12.5. The molecule has 1 aromatic rings. The van der Waals surface area contributed by atoms with Crippen LogP contribution >= 0.6 is 11.6 Å². The van der Waals surface area contributed by atoms with Gasteiger partial charge in [-0.1, -0.05) is 26.0 Å². The molecule has 2 heteroatoms. The zero-order valence-electron chi connectivity index (χ0n) is 9.56. The Morgan fingerprint density at radius 3 is 2.53 bits per heavy atom. The van der Waals surface area contributed by atoms with E-state index in [4.69, 9.17) is 11.6 Å². The SMILES string of the molecule is Cc1cc(CCC(Cl)C(C)C)ccc1F. The van der Waals surface area contributed by atoms with Crippen molar-refractivity contribution >= 4 is 11.6 Å². The maximum absolute atomic E-state index is 13.0. The van der Waals surface area contributed by atoms with Gasteiger partial charge in [-0.15, -0.1) is 11.6 Å². The minimum Gasteiger partial charge on any atom is -0.207 e. The fraction of sp³-hybridized carbons (Fsp3) is 0.538. The molecule has 1 atom stereocenters. The van der Waals surface area contributed by atoms with Gasteiger partial charge in [-0.05, 0) is 42.9 Å². The number of aryl methyl sites for hydroxylation is 2. The zero-order valence-corrected chi connectivity index (χ0v) is 10.3. The lowest BCUT2D eigenvalue weighted by molar-refractivity contribution is 0.564. The largest absolute Gasteiger partial charge is 0.207 e. The van der Waals surface area contributed by atoms with Crippen LogP contribution in [0.5, 0.6) is 0 Å². The van der Waals surface area contributed by atoms with Gasteiger partial charge in [-0.2, -0.15) is 0 Å². The molecule has 0 aliphatic heterocycles. The van der Waals surface area contributed by atoms with Gasteiger partial charge in [0.25, 0.3) is 0 Å². The Morgan fingerprint density at radius 2 is 2.00 bits per heavy atom. The predicted molar refractivity (Wildman–Crippen MR) is 63.9 cm³/mol. The molecule has 0 nitrogen and oxygen atoms in total. The van der Waals surface area contributed by atoms with E-state index in [1.165, 1.54) is 11.6 Å².